The molecule has 2 N–H and O–H groups in total. The highest BCUT2D eigenvalue weighted by molar-refractivity contribution is 7.84. The molecule has 1 aromatic carbocycles. The Balaban J connectivity index is 2.25. The molecule has 0 aliphatic carbocycles. The first-order valence-corrected chi connectivity index (χ1v) is 7.11. The van der Waals surface area contributed by atoms with Gasteiger partial charge in [-0.2, -0.15) is 5.10 Å². The molecule has 1 aromatic heterocycles. The van der Waals surface area contributed by atoms with Crippen LogP contribution >= 0.6 is 11.6 Å². The van der Waals surface area contributed by atoms with Crippen LogP contribution in [-0.2, 0) is 23.1 Å². The first kappa shape index (κ1) is 13.0. The molecule has 1 heterocycles. The molecule has 1 atom stereocenters. The topological polar surface area (TPSA) is 73.8 Å². The van der Waals surface area contributed by atoms with Crippen LogP contribution in [-0.4, -0.2) is 19.0 Å². The van der Waals surface area contributed by atoms with Gasteiger partial charge in [0.1, 0.15) is 12.2 Å². The second-order valence-corrected chi connectivity index (χ2v) is 5.50. The number of aromatic nitrogens is 3. The number of halogens is 1. The molecule has 0 radical (unpaired) electrons. The van der Waals surface area contributed by atoms with Crippen molar-refractivity contribution in [2.24, 2.45) is 0 Å². The van der Waals surface area contributed by atoms with Gasteiger partial charge < -0.3 is 5.73 Å². The molecule has 18 heavy (non-hydrogen) atoms. The van der Waals surface area contributed by atoms with Crippen molar-refractivity contribution in [3.63, 3.8) is 0 Å². The lowest BCUT2D eigenvalue weighted by molar-refractivity contribution is 0.627. The minimum atomic E-state index is -1.28. The Morgan fingerprint density at radius 1 is 1.50 bits per heavy atom. The molecule has 1 unspecified atom stereocenters. The Hall–Kier alpha value is -1.40. The quantitative estimate of drug-likeness (QED) is 0.870. The summed E-state index contributed by atoms with van der Waals surface area (Å²) in [5, 5.41) is 4.48. The summed E-state index contributed by atoms with van der Waals surface area (Å²) in [6.07, 6.45) is 1.46. The van der Waals surface area contributed by atoms with E-state index in [1.54, 1.807) is 22.9 Å². The average molecular weight is 285 g/mol. The summed E-state index contributed by atoms with van der Waals surface area (Å²) in [4.78, 5) is 4.62. The summed E-state index contributed by atoms with van der Waals surface area (Å²) in [5.74, 6) is 0.950. The van der Waals surface area contributed by atoms with E-state index < -0.39 is 10.8 Å². The highest BCUT2D eigenvalue weighted by Gasteiger charge is 2.13. The molecule has 0 spiro atoms. The Kier molecular flexibility index (Phi) is 3.98. The second kappa shape index (κ2) is 5.49. The predicted octanol–water partition coefficient (Wildman–Crippen LogP) is 1.84. The van der Waals surface area contributed by atoms with Crippen LogP contribution in [0.2, 0.25) is 5.02 Å². The predicted molar refractivity (Wildman–Crippen MR) is 71.7 cm³/mol. The summed E-state index contributed by atoms with van der Waals surface area (Å²) in [5.41, 5.74) is 6.21. The van der Waals surface area contributed by atoms with E-state index >= 15 is 0 Å². The highest BCUT2D eigenvalue weighted by Crippen LogP contribution is 2.23. The van der Waals surface area contributed by atoms with Crippen molar-refractivity contribution in [2.75, 3.05) is 5.73 Å². The van der Waals surface area contributed by atoms with E-state index in [-0.39, 0.29) is 5.75 Å². The molecule has 0 fully saturated rings. The zero-order valence-electron chi connectivity index (χ0n) is 9.84. The Labute approximate surface area is 112 Å². The van der Waals surface area contributed by atoms with E-state index in [1.165, 1.54) is 6.33 Å². The zero-order valence-corrected chi connectivity index (χ0v) is 11.4. The van der Waals surface area contributed by atoms with Crippen LogP contribution in [0.3, 0.4) is 0 Å². The van der Waals surface area contributed by atoms with Crippen LogP contribution < -0.4 is 5.73 Å². The molecule has 0 saturated carbocycles. The third-order valence-corrected chi connectivity index (χ3v) is 4.25. The molecule has 0 bridgehead atoms. The first-order chi connectivity index (χ1) is 8.61. The molecule has 0 saturated heterocycles. The Morgan fingerprint density at radius 2 is 2.28 bits per heavy atom. The van der Waals surface area contributed by atoms with Crippen molar-refractivity contribution in [2.45, 2.75) is 24.1 Å². The molecule has 0 aliphatic rings. The van der Waals surface area contributed by atoms with Gasteiger partial charge >= 0.3 is 0 Å². The molecule has 0 aliphatic heterocycles. The molecule has 2 rings (SSSR count). The molecule has 5 nitrogen and oxygen atoms in total. The molecule has 7 heteroatoms. The fourth-order valence-electron chi connectivity index (χ4n) is 1.55. The van der Waals surface area contributed by atoms with Gasteiger partial charge in [0.25, 0.3) is 0 Å². The largest absolute Gasteiger partial charge is 0.399 e. The van der Waals surface area contributed by atoms with E-state index in [2.05, 4.69) is 10.1 Å². The maximum Gasteiger partial charge on any atom is 0.139 e. The van der Waals surface area contributed by atoms with Gasteiger partial charge in [-0.15, -0.1) is 0 Å². The molecule has 96 valence electrons. The summed E-state index contributed by atoms with van der Waals surface area (Å²) in [7, 11) is -1.28. The van der Waals surface area contributed by atoms with Gasteiger partial charge in [-0.25, -0.2) is 9.67 Å². The second-order valence-electron chi connectivity index (χ2n) is 3.67. The lowest BCUT2D eigenvalue weighted by Gasteiger charge is -2.06. The summed E-state index contributed by atoms with van der Waals surface area (Å²) < 4.78 is 13.9. The monoisotopic (exact) mass is 284 g/mol. The van der Waals surface area contributed by atoms with Crippen LogP contribution in [0.25, 0.3) is 0 Å². The van der Waals surface area contributed by atoms with Crippen molar-refractivity contribution in [3.05, 3.63) is 35.4 Å². The van der Waals surface area contributed by atoms with E-state index in [0.717, 1.165) is 0 Å². The van der Waals surface area contributed by atoms with Gasteiger partial charge in [-0.05, 0) is 25.1 Å². The minimum absolute atomic E-state index is 0.275. The van der Waals surface area contributed by atoms with Crippen LogP contribution in [0, 0.1) is 0 Å². The number of nitrogens with zero attached hydrogens (tertiary/aromatic N) is 3. The number of nitrogens with two attached hydrogens (primary N) is 1. The third-order valence-electron chi connectivity index (χ3n) is 2.46. The van der Waals surface area contributed by atoms with Gasteiger partial charge in [0.2, 0.25) is 0 Å². The van der Waals surface area contributed by atoms with E-state index in [9.17, 15) is 4.21 Å². The average Bonchev–Trinajstić information content (AvgIpc) is 2.79. The van der Waals surface area contributed by atoms with Crippen molar-refractivity contribution in [1.29, 1.82) is 0 Å². The molecule has 0 amide bonds. The van der Waals surface area contributed by atoms with Crippen molar-refractivity contribution < 1.29 is 4.21 Å². The SMILES string of the molecule is CCn1ncnc1CS(=O)c1cc(N)ccc1Cl. The van der Waals surface area contributed by atoms with Crippen molar-refractivity contribution >= 4 is 28.1 Å². The lowest BCUT2D eigenvalue weighted by Crippen LogP contribution is -2.07. The standard InChI is InChI=1S/C11H13ClN4OS/c1-2-16-11(14-7-15-16)6-18(17)10-5-8(13)3-4-9(10)12/h3-5,7H,2,6,13H2,1H3. The van der Waals surface area contributed by atoms with Gasteiger partial charge in [-0.3, -0.25) is 4.21 Å². The fourth-order valence-corrected chi connectivity index (χ4v) is 3.10. The number of hydrogen-bond acceptors (Lipinski definition) is 4. The third kappa shape index (κ3) is 2.70. The van der Waals surface area contributed by atoms with Gasteiger partial charge in [0, 0.05) is 12.2 Å². The van der Waals surface area contributed by atoms with Crippen molar-refractivity contribution in [1.82, 2.24) is 14.8 Å². The molecular formula is C11H13ClN4OS. The normalized spacial score (nSPS) is 12.6. The smallest absolute Gasteiger partial charge is 0.139 e. The first-order valence-electron chi connectivity index (χ1n) is 5.42. The zero-order chi connectivity index (χ0) is 13.1. The van der Waals surface area contributed by atoms with Crippen LogP contribution in [0.5, 0.6) is 0 Å². The summed E-state index contributed by atoms with van der Waals surface area (Å²) in [6.45, 7) is 2.64. The maximum absolute atomic E-state index is 12.2. The number of rotatable bonds is 4. The number of anilines is 1. The number of nitrogen functional groups attached to an aromatic ring is 1. The molecular weight excluding hydrogens is 272 g/mol. The van der Waals surface area contributed by atoms with Crippen molar-refractivity contribution in [3.8, 4) is 0 Å². The summed E-state index contributed by atoms with van der Waals surface area (Å²) in [6, 6.07) is 4.96. The number of benzene rings is 1. The van der Waals surface area contributed by atoms with Gasteiger partial charge in [0.15, 0.2) is 0 Å². The lowest BCUT2D eigenvalue weighted by atomic mass is 10.3. The molecule has 2 aromatic rings. The van der Waals surface area contributed by atoms with Crippen LogP contribution in [0.4, 0.5) is 5.69 Å². The number of hydrogen-bond donors (Lipinski definition) is 1. The maximum atomic E-state index is 12.2. The van der Waals surface area contributed by atoms with E-state index in [4.69, 9.17) is 17.3 Å². The highest BCUT2D eigenvalue weighted by atomic mass is 35.5. The fraction of sp³-hybridized carbons (Fsp3) is 0.273. The van der Waals surface area contributed by atoms with Crippen LogP contribution in [0.1, 0.15) is 12.7 Å². The Morgan fingerprint density at radius 3 is 3.00 bits per heavy atom. The van der Waals surface area contributed by atoms with Crippen LogP contribution in [0.15, 0.2) is 29.4 Å². The van der Waals surface area contributed by atoms with Gasteiger partial charge in [-0.1, -0.05) is 11.6 Å². The van der Waals surface area contributed by atoms with E-state index in [0.29, 0.717) is 28.0 Å². The Bertz CT molecular complexity index is 584. The van der Waals surface area contributed by atoms with E-state index in [1.807, 2.05) is 6.92 Å². The minimum Gasteiger partial charge on any atom is -0.399 e. The van der Waals surface area contributed by atoms with Gasteiger partial charge in [0.05, 0.1) is 26.5 Å². The summed E-state index contributed by atoms with van der Waals surface area (Å²) >= 11 is 6.01. The number of aryl methyl sites for hydroxylation is 1.